The van der Waals surface area contributed by atoms with E-state index in [1.54, 1.807) is 29.0 Å². The van der Waals surface area contributed by atoms with Crippen LogP contribution in [0.2, 0.25) is 0 Å². The van der Waals surface area contributed by atoms with Crippen molar-refractivity contribution < 1.29 is 18.3 Å². The summed E-state index contributed by atoms with van der Waals surface area (Å²) in [5, 5.41) is 7.61. The molecule has 1 fully saturated rings. The van der Waals surface area contributed by atoms with Crippen LogP contribution >= 0.6 is 11.8 Å². The molecular weight excluding hydrogens is 364 g/mol. The van der Waals surface area contributed by atoms with Crippen LogP contribution in [0.3, 0.4) is 0 Å². The number of nitrogens with one attached hydrogen (secondary N) is 3. The normalized spacial score (nSPS) is 25.0. The van der Waals surface area contributed by atoms with Gasteiger partial charge in [0.1, 0.15) is 11.8 Å². The zero-order chi connectivity index (χ0) is 18.3. The van der Waals surface area contributed by atoms with E-state index < -0.39 is 12.7 Å². The highest BCUT2D eigenvalue weighted by Crippen LogP contribution is 2.41. The zero-order valence-corrected chi connectivity index (χ0v) is 14.6. The van der Waals surface area contributed by atoms with Crippen molar-refractivity contribution in [3.8, 4) is 5.75 Å². The number of thioether (sulfide) groups is 1. The standard InChI is InChI=1S/C16H19F2N5O2S/c17-16(18)25-12-6-10-13(26-4-3-20-10)5-8(12)14-9(19)7-23(22-14)11-1-2-21-15(11)24/h5-7,11,14,16,20,22H,1-4,19H2,(H,21,24). The van der Waals surface area contributed by atoms with Gasteiger partial charge in [-0.05, 0) is 12.5 Å². The Labute approximate surface area is 153 Å². The van der Waals surface area contributed by atoms with E-state index in [4.69, 9.17) is 10.5 Å². The van der Waals surface area contributed by atoms with E-state index in [1.165, 1.54) is 0 Å². The van der Waals surface area contributed by atoms with Crippen molar-refractivity contribution >= 4 is 23.4 Å². The van der Waals surface area contributed by atoms with Gasteiger partial charge in [-0.1, -0.05) is 0 Å². The van der Waals surface area contributed by atoms with Crippen LogP contribution in [0.5, 0.6) is 5.75 Å². The molecule has 2 atom stereocenters. The topological polar surface area (TPSA) is 91.7 Å². The fourth-order valence-electron chi connectivity index (χ4n) is 3.38. The maximum absolute atomic E-state index is 12.9. The first-order valence-electron chi connectivity index (χ1n) is 8.32. The van der Waals surface area contributed by atoms with Crippen LogP contribution in [0, 0.1) is 0 Å². The average molecular weight is 383 g/mol. The summed E-state index contributed by atoms with van der Waals surface area (Å²) in [6.45, 7) is -1.58. The molecule has 1 aromatic rings. The van der Waals surface area contributed by atoms with Crippen molar-refractivity contribution in [3.05, 3.63) is 29.6 Å². The van der Waals surface area contributed by atoms with Crippen molar-refractivity contribution in [2.75, 3.05) is 24.2 Å². The smallest absolute Gasteiger partial charge is 0.387 e. The summed E-state index contributed by atoms with van der Waals surface area (Å²) >= 11 is 1.65. The number of nitrogens with zero attached hydrogens (tertiary/aromatic N) is 1. The summed E-state index contributed by atoms with van der Waals surface area (Å²) < 4.78 is 30.6. The third-order valence-electron chi connectivity index (χ3n) is 4.57. The number of hydrazine groups is 1. The summed E-state index contributed by atoms with van der Waals surface area (Å²) in [6, 6.07) is 2.50. The van der Waals surface area contributed by atoms with E-state index in [-0.39, 0.29) is 17.7 Å². The molecule has 5 N–H and O–H groups in total. The van der Waals surface area contributed by atoms with Crippen molar-refractivity contribution in [2.24, 2.45) is 5.73 Å². The van der Waals surface area contributed by atoms with Crippen LogP contribution in [0.25, 0.3) is 0 Å². The molecule has 7 nitrogen and oxygen atoms in total. The Hall–Kier alpha value is -2.20. The molecule has 1 saturated heterocycles. The molecule has 3 aliphatic heterocycles. The molecule has 140 valence electrons. The fraction of sp³-hybridized carbons (Fsp3) is 0.438. The highest BCUT2D eigenvalue weighted by molar-refractivity contribution is 7.99. The number of hydrogen-bond donors (Lipinski definition) is 4. The number of ether oxygens (including phenoxy) is 1. The Morgan fingerprint density at radius 2 is 2.15 bits per heavy atom. The number of hydrogen-bond acceptors (Lipinski definition) is 7. The number of nitrogens with two attached hydrogens (primary N) is 1. The number of rotatable bonds is 4. The third-order valence-corrected chi connectivity index (χ3v) is 5.63. The Kier molecular flexibility index (Phi) is 4.53. The number of carbonyl (C=O) groups excluding carboxylic acids is 1. The Morgan fingerprint density at radius 3 is 2.88 bits per heavy atom. The van der Waals surface area contributed by atoms with Gasteiger partial charge in [-0.25, -0.2) is 5.43 Å². The van der Waals surface area contributed by atoms with E-state index >= 15 is 0 Å². The summed E-state index contributed by atoms with van der Waals surface area (Å²) in [5.74, 6) is 0.871. The summed E-state index contributed by atoms with van der Waals surface area (Å²) in [6.07, 6.45) is 2.30. The quantitative estimate of drug-likeness (QED) is 0.624. The second kappa shape index (κ2) is 6.84. The van der Waals surface area contributed by atoms with Gasteiger partial charge in [-0.3, -0.25) is 4.79 Å². The minimum absolute atomic E-state index is 0.0697. The molecule has 3 heterocycles. The predicted octanol–water partition coefficient (Wildman–Crippen LogP) is 1.36. The lowest BCUT2D eigenvalue weighted by molar-refractivity contribution is -0.123. The lowest BCUT2D eigenvalue weighted by atomic mass is 10.0. The van der Waals surface area contributed by atoms with Gasteiger partial charge >= 0.3 is 6.61 Å². The molecular formula is C16H19F2N5O2S. The number of halogens is 2. The minimum atomic E-state index is -2.94. The van der Waals surface area contributed by atoms with Crippen LogP contribution in [0.4, 0.5) is 14.5 Å². The second-order valence-corrected chi connectivity index (χ2v) is 7.37. The van der Waals surface area contributed by atoms with E-state index in [1.807, 2.05) is 6.07 Å². The van der Waals surface area contributed by atoms with Crippen molar-refractivity contribution in [2.45, 2.75) is 30.0 Å². The van der Waals surface area contributed by atoms with Crippen molar-refractivity contribution in [1.29, 1.82) is 0 Å². The molecule has 4 rings (SSSR count). The Bertz CT molecular complexity index is 760. The molecule has 0 spiro atoms. The molecule has 0 bridgehead atoms. The molecule has 0 aromatic heterocycles. The number of anilines is 1. The van der Waals surface area contributed by atoms with Gasteiger partial charge in [-0.15, -0.1) is 11.8 Å². The van der Waals surface area contributed by atoms with Gasteiger partial charge in [0, 0.05) is 47.3 Å². The van der Waals surface area contributed by atoms with E-state index in [0.717, 1.165) is 22.9 Å². The monoisotopic (exact) mass is 383 g/mol. The third kappa shape index (κ3) is 3.14. The first-order chi connectivity index (χ1) is 12.5. The molecule has 10 heteroatoms. The van der Waals surface area contributed by atoms with Crippen LogP contribution in [0.1, 0.15) is 18.0 Å². The lowest BCUT2D eigenvalue weighted by Gasteiger charge is -2.26. The van der Waals surface area contributed by atoms with E-state index in [2.05, 4.69) is 16.1 Å². The highest BCUT2D eigenvalue weighted by atomic mass is 32.2. The van der Waals surface area contributed by atoms with E-state index in [9.17, 15) is 13.6 Å². The molecule has 26 heavy (non-hydrogen) atoms. The van der Waals surface area contributed by atoms with Crippen molar-refractivity contribution in [1.82, 2.24) is 15.8 Å². The molecule has 0 saturated carbocycles. The number of alkyl halides is 2. The number of carbonyl (C=O) groups is 1. The average Bonchev–Trinajstić information content (AvgIpc) is 3.19. The van der Waals surface area contributed by atoms with Crippen LogP contribution in [-0.2, 0) is 4.79 Å². The first-order valence-corrected chi connectivity index (χ1v) is 9.30. The predicted molar refractivity (Wildman–Crippen MR) is 93.7 cm³/mol. The van der Waals surface area contributed by atoms with Crippen LogP contribution in [0.15, 0.2) is 28.9 Å². The molecule has 1 amide bonds. The first kappa shape index (κ1) is 17.2. The number of benzene rings is 1. The van der Waals surface area contributed by atoms with Gasteiger partial charge in [-0.2, -0.15) is 8.78 Å². The zero-order valence-electron chi connectivity index (χ0n) is 13.8. The van der Waals surface area contributed by atoms with Gasteiger partial charge in [0.15, 0.2) is 0 Å². The minimum Gasteiger partial charge on any atom is -0.434 e. The molecule has 3 aliphatic rings. The van der Waals surface area contributed by atoms with E-state index in [0.29, 0.717) is 24.2 Å². The van der Waals surface area contributed by atoms with Gasteiger partial charge in [0.2, 0.25) is 5.91 Å². The van der Waals surface area contributed by atoms with Gasteiger partial charge < -0.3 is 26.1 Å². The molecule has 1 aromatic carbocycles. The summed E-state index contributed by atoms with van der Waals surface area (Å²) in [5.41, 5.74) is 11.0. The van der Waals surface area contributed by atoms with Crippen molar-refractivity contribution in [3.63, 3.8) is 0 Å². The number of fused-ring (bicyclic) bond motifs is 1. The Balaban J connectivity index is 1.66. The molecule has 2 unspecified atom stereocenters. The second-order valence-electron chi connectivity index (χ2n) is 6.23. The SMILES string of the molecule is NC1=CN(C2CCNC2=O)NC1c1cc2c(cc1OC(F)F)NCCS2. The summed E-state index contributed by atoms with van der Waals surface area (Å²) in [4.78, 5) is 12.9. The lowest BCUT2D eigenvalue weighted by Crippen LogP contribution is -2.43. The number of amides is 1. The Morgan fingerprint density at radius 1 is 1.31 bits per heavy atom. The summed E-state index contributed by atoms with van der Waals surface area (Å²) in [7, 11) is 0. The largest absolute Gasteiger partial charge is 0.434 e. The highest BCUT2D eigenvalue weighted by Gasteiger charge is 2.36. The van der Waals surface area contributed by atoms with Crippen LogP contribution < -0.4 is 26.5 Å². The van der Waals surface area contributed by atoms with Crippen LogP contribution in [-0.4, -0.2) is 42.4 Å². The van der Waals surface area contributed by atoms with Gasteiger partial charge in [0.25, 0.3) is 0 Å². The molecule has 0 radical (unpaired) electrons. The van der Waals surface area contributed by atoms with Gasteiger partial charge in [0.05, 0.1) is 11.7 Å². The maximum atomic E-state index is 12.9. The maximum Gasteiger partial charge on any atom is 0.387 e. The molecule has 0 aliphatic carbocycles. The fourth-order valence-corrected chi connectivity index (χ4v) is 4.30.